The van der Waals surface area contributed by atoms with Gasteiger partial charge in [0.1, 0.15) is 0 Å². The maximum absolute atomic E-state index is 5.96. The topological polar surface area (TPSA) is 62.9 Å². The fraction of sp³-hybridized carbons (Fsp3) is 0.688. The van der Waals surface area contributed by atoms with Gasteiger partial charge in [-0.15, -0.1) is 24.0 Å². The van der Waals surface area contributed by atoms with Crippen LogP contribution in [-0.2, 0) is 4.74 Å². The number of hydrogen-bond donors (Lipinski definition) is 2. The lowest BCUT2D eigenvalue weighted by Crippen LogP contribution is -2.35. The highest BCUT2D eigenvalue weighted by Gasteiger charge is 2.17. The molecule has 1 atom stereocenters. The molecule has 0 amide bonds. The summed E-state index contributed by atoms with van der Waals surface area (Å²) in [7, 11) is 0. The van der Waals surface area contributed by atoms with Crippen LogP contribution >= 0.6 is 35.3 Å². The van der Waals surface area contributed by atoms with Crippen LogP contribution in [0.2, 0.25) is 0 Å². The predicted molar refractivity (Wildman–Crippen MR) is 111 cm³/mol. The molecule has 0 bridgehead atoms. The van der Waals surface area contributed by atoms with Crippen molar-refractivity contribution in [3.63, 3.8) is 0 Å². The van der Waals surface area contributed by atoms with Crippen molar-refractivity contribution < 1.29 is 4.74 Å². The molecule has 1 aromatic rings. The van der Waals surface area contributed by atoms with Crippen molar-refractivity contribution in [1.82, 2.24) is 10.2 Å². The summed E-state index contributed by atoms with van der Waals surface area (Å²) < 4.78 is 5.30. The number of halogens is 1. The molecule has 3 N–H and O–H groups in total. The summed E-state index contributed by atoms with van der Waals surface area (Å²) in [4.78, 5) is 6.93. The van der Waals surface area contributed by atoms with E-state index in [1.807, 2.05) is 6.92 Å². The number of guanidine groups is 1. The van der Waals surface area contributed by atoms with Gasteiger partial charge in [-0.1, -0.05) is 13.8 Å². The third kappa shape index (κ3) is 8.88. The number of nitrogens with zero attached hydrogens (tertiary/aromatic N) is 2. The second kappa shape index (κ2) is 14.0. The molecule has 1 heterocycles. The van der Waals surface area contributed by atoms with Crippen molar-refractivity contribution >= 4 is 41.3 Å². The number of hydrogen-bond acceptors (Lipinski definition) is 4. The minimum absolute atomic E-state index is 0. The molecule has 1 rings (SSSR count). The molecule has 5 nitrogen and oxygen atoms in total. The maximum atomic E-state index is 5.96. The van der Waals surface area contributed by atoms with E-state index in [0.29, 0.717) is 18.5 Å². The molecule has 23 heavy (non-hydrogen) atoms. The van der Waals surface area contributed by atoms with Gasteiger partial charge >= 0.3 is 0 Å². The van der Waals surface area contributed by atoms with E-state index < -0.39 is 0 Å². The van der Waals surface area contributed by atoms with Crippen molar-refractivity contribution in [2.45, 2.75) is 33.2 Å². The highest BCUT2D eigenvalue weighted by Crippen LogP contribution is 2.23. The van der Waals surface area contributed by atoms with Crippen molar-refractivity contribution in [2.24, 2.45) is 10.7 Å². The van der Waals surface area contributed by atoms with Crippen LogP contribution in [0, 0.1) is 0 Å². The fourth-order valence-corrected chi connectivity index (χ4v) is 3.04. The predicted octanol–water partition coefficient (Wildman–Crippen LogP) is 3.08. The minimum atomic E-state index is 0. The summed E-state index contributed by atoms with van der Waals surface area (Å²) in [5, 5.41) is 7.46. The zero-order valence-corrected chi connectivity index (χ0v) is 17.6. The Morgan fingerprint density at radius 2 is 2.13 bits per heavy atom. The number of thiophene rings is 1. The molecule has 0 aliphatic rings. The van der Waals surface area contributed by atoms with Gasteiger partial charge in [0.15, 0.2) is 5.96 Å². The molecule has 0 saturated carbocycles. The Kier molecular flexibility index (Phi) is 13.8. The Labute approximate surface area is 161 Å². The molecule has 0 spiro atoms. The van der Waals surface area contributed by atoms with Gasteiger partial charge in [0.2, 0.25) is 0 Å². The third-order valence-corrected chi connectivity index (χ3v) is 4.29. The van der Waals surface area contributed by atoms with Crippen LogP contribution < -0.4 is 11.1 Å². The van der Waals surface area contributed by atoms with Crippen LogP contribution in [0.5, 0.6) is 0 Å². The van der Waals surface area contributed by atoms with E-state index in [2.05, 4.69) is 45.9 Å². The lowest BCUT2D eigenvalue weighted by atomic mass is 10.1. The molecule has 0 aliphatic heterocycles. The van der Waals surface area contributed by atoms with Crippen LogP contribution in [-0.4, -0.2) is 50.3 Å². The van der Waals surface area contributed by atoms with Crippen molar-refractivity contribution in [3.8, 4) is 0 Å². The highest BCUT2D eigenvalue weighted by atomic mass is 127. The maximum Gasteiger partial charge on any atom is 0.188 e. The van der Waals surface area contributed by atoms with E-state index in [4.69, 9.17) is 10.5 Å². The van der Waals surface area contributed by atoms with Crippen LogP contribution in [0.1, 0.15) is 38.8 Å². The van der Waals surface area contributed by atoms with Gasteiger partial charge < -0.3 is 15.8 Å². The Balaban J connectivity index is 0.00000484. The minimum Gasteiger partial charge on any atom is -0.382 e. The molecule has 7 heteroatoms. The normalized spacial score (nSPS) is 13.0. The van der Waals surface area contributed by atoms with Gasteiger partial charge in [-0.05, 0) is 48.8 Å². The Hall–Kier alpha value is -0.380. The summed E-state index contributed by atoms with van der Waals surface area (Å²) in [6, 6.07) is 2.47. The van der Waals surface area contributed by atoms with Gasteiger partial charge in [-0.2, -0.15) is 11.3 Å². The lowest BCUT2D eigenvalue weighted by Gasteiger charge is -2.28. The first-order chi connectivity index (χ1) is 10.7. The molecule has 0 aromatic carbocycles. The number of ether oxygens (including phenoxy) is 1. The Bertz CT molecular complexity index is 410. The van der Waals surface area contributed by atoms with E-state index in [0.717, 1.165) is 39.3 Å². The third-order valence-electron chi connectivity index (χ3n) is 3.59. The Morgan fingerprint density at radius 3 is 2.70 bits per heavy atom. The molecule has 0 saturated heterocycles. The zero-order chi connectivity index (χ0) is 16.2. The quantitative estimate of drug-likeness (QED) is 0.234. The van der Waals surface area contributed by atoms with Crippen LogP contribution in [0.4, 0.5) is 0 Å². The molecule has 1 aromatic heterocycles. The van der Waals surface area contributed by atoms with Gasteiger partial charge in [0.25, 0.3) is 0 Å². The standard InChI is InChI=1S/C16H30N4OS.HI/c1-4-20(5-2)15(14-8-11-22-13-14)12-19-16(17)18-9-7-10-21-6-3;/h8,11,13,15H,4-7,9-10,12H2,1-3H3,(H3,17,18,19);1H. The largest absolute Gasteiger partial charge is 0.382 e. The van der Waals surface area contributed by atoms with E-state index >= 15 is 0 Å². The van der Waals surface area contributed by atoms with Gasteiger partial charge in [0.05, 0.1) is 12.6 Å². The molecule has 0 fully saturated rings. The number of aliphatic imine (C=N–C) groups is 1. The number of nitrogens with two attached hydrogens (primary N) is 1. The molecular weight excluding hydrogens is 423 g/mol. The van der Waals surface area contributed by atoms with E-state index in [1.165, 1.54) is 5.56 Å². The second-order valence-electron chi connectivity index (χ2n) is 5.00. The molecule has 0 aliphatic carbocycles. The van der Waals surface area contributed by atoms with Crippen LogP contribution in [0.15, 0.2) is 21.8 Å². The molecule has 1 unspecified atom stereocenters. The second-order valence-corrected chi connectivity index (χ2v) is 5.78. The lowest BCUT2D eigenvalue weighted by molar-refractivity contribution is 0.145. The average Bonchev–Trinajstić information content (AvgIpc) is 3.05. The van der Waals surface area contributed by atoms with Crippen LogP contribution in [0.3, 0.4) is 0 Å². The van der Waals surface area contributed by atoms with Gasteiger partial charge in [0, 0.05) is 19.8 Å². The average molecular weight is 454 g/mol. The first kappa shape index (κ1) is 22.6. The first-order valence-corrected chi connectivity index (χ1v) is 9.04. The van der Waals surface area contributed by atoms with Crippen LogP contribution in [0.25, 0.3) is 0 Å². The molecule has 0 radical (unpaired) electrons. The van der Waals surface area contributed by atoms with E-state index in [-0.39, 0.29) is 24.0 Å². The van der Waals surface area contributed by atoms with Gasteiger partial charge in [-0.3, -0.25) is 9.89 Å². The summed E-state index contributed by atoms with van der Waals surface area (Å²) in [5.41, 5.74) is 7.28. The zero-order valence-electron chi connectivity index (χ0n) is 14.5. The summed E-state index contributed by atoms with van der Waals surface area (Å²) in [6.07, 6.45) is 0.939. The van der Waals surface area contributed by atoms with Gasteiger partial charge in [-0.25, -0.2) is 0 Å². The smallest absolute Gasteiger partial charge is 0.188 e. The highest BCUT2D eigenvalue weighted by molar-refractivity contribution is 14.0. The first-order valence-electron chi connectivity index (χ1n) is 8.10. The fourth-order valence-electron chi connectivity index (χ4n) is 2.34. The number of nitrogens with one attached hydrogen (secondary N) is 1. The number of rotatable bonds is 11. The SMILES string of the molecule is CCOCCCNC(N)=NCC(c1ccsc1)N(CC)CC.I. The molecular formula is C16H31IN4OS. The molecule has 134 valence electrons. The van der Waals surface area contributed by atoms with Crippen molar-refractivity contribution in [2.75, 3.05) is 39.4 Å². The van der Waals surface area contributed by atoms with E-state index in [9.17, 15) is 0 Å². The summed E-state index contributed by atoms with van der Waals surface area (Å²) >= 11 is 1.73. The summed E-state index contributed by atoms with van der Waals surface area (Å²) in [6.45, 7) is 11.4. The monoisotopic (exact) mass is 454 g/mol. The number of likely N-dealkylation sites (N-methyl/N-ethyl adjacent to an activating group) is 1. The summed E-state index contributed by atoms with van der Waals surface area (Å²) in [5.74, 6) is 0.517. The van der Waals surface area contributed by atoms with Crippen molar-refractivity contribution in [3.05, 3.63) is 22.4 Å². The Morgan fingerprint density at radius 1 is 1.39 bits per heavy atom. The van der Waals surface area contributed by atoms with Crippen molar-refractivity contribution in [1.29, 1.82) is 0 Å². The van der Waals surface area contributed by atoms with E-state index in [1.54, 1.807) is 11.3 Å².